The molecular formula is C14H23N3O2S. The fourth-order valence-electron chi connectivity index (χ4n) is 1.58. The minimum absolute atomic E-state index is 0.0921. The van der Waals surface area contributed by atoms with E-state index in [9.17, 15) is 9.00 Å². The molecule has 1 rings (SSSR count). The van der Waals surface area contributed by atoms with Gasteiger partial charge >= 0.3 is 0 Å². The second-order valence-electron chi connectivity index (χ2n) is 4.71. The number of hydrogen-bond acceptors (Lipinski definition) is 4. The second kappa shape index (κ2) is 8.68. The Bertz CT molecular complexity index is 465. The Kier molecular flexibility index (Phi) is 7.22. The number of nitrogens with one attached hydrogen (secondary N) is 2. The average Bonchev–Trinajstić information content (AvgIpc) is 2.45. The van der Waals surface area contributed by atoms with Crippen LogP contribution in [0.1, 0.15) is 37.0 Å². The topological polar surface area (TPSA) is 71.1 Å². The van der Waals surface area contributed by atoms with Gasteiger partial charge in [0.15, 0.2) is 0 Å². The lowest BCUT2D eigenvalue weighted by Gasteiger charge is -2.10. The van der Waals surface area contributed by atoms with Crippen LogP contribution in [0.2, 0.25) is 0 Å². The van der Waals surface area contributed by atoms with Gasteiger partial charge in [-0.05, 0) is 25.0 Å². The number of aromatic nitrogens is 1. The summed E-state index contributed by atoms with van der Waals surface area (Å²) in [5, 5.41) is 6.08. The Morgan fingerprint density at radius 3 is 2.85 bits per heavy atom. The number of carbonyl (C=O) groups excluding carboxylic acids is 1. The van der Waals surface area contributed by atoms with Gasteiger partial charge < -0.3 is 10.6 Å². The lowest BCUT2D eigenvalue weighted by atomic mass is 10.2. The van der Waals surface area contributed by atoms with Crippen molar-refractivity contribution in [3.05, 3.63) is 23.9 Å². The Balaban J connectivity index is 2.48. The van der Waals surface area contributed by atoms with Crippen LogP contribution in [-0.2, 0) is 10.8 Å². The first kappa shape index (κ1) is 16.6. The second-order valence-corrected chi connectivity index (χ2v) is 6.51. The fraction of sp³-hybridized carbons (Fsp3) is 0.571. The summed E-state index contributed by atoms with van der Waals surface area (Å²) in [5.74, 6) is 0.587. The van der Waals surface area contributed by atoms with Gasteiger partial charge in [-0.3, -0.25) is 9.00 Å². The molecule has 2 unspecified atom stereocenters. The number of rotatable bonds is 8. The molecule has 1 aromatic rings. The molecule has 0 spiro atoms. The van der Waals surface area contributed by atoms with Gasteiger partial charge in [0.05, 0.1) is 0 Å². The number of amides is 1. The lowest BCUT2D eigenvalue weighted by Crippen LogP contribution is -2.27. The summed E-state index contributed by atoms with van der Waals surface area (Å²) in [5.41, 5.74) is 0.587. The highest BCUT2D eigenvalue weighted by atomic mass is 32.2. The van der Waals surface area contributed by atoms with Gasteiger partial charge in [-0.25, -0.2) is 4.98 Å². The normalized spacial score (nSPS) is 13.6. The molecule has 0 radical (unpaired) electrons. The molecule has 1 heterocycles. The Labute approximate surface area is 123 Å². The molecule has 2 atom stereocenters. The van der Waals surface area contributed by atoms with E-state index in [1.807, 2.05) is 6.92 Å². The molecule has 112 valence electrons. The summed E-state index contributed by atoms with van der Waals surface area (Å²) in [6.45, 7) is 5.35. The molecule has 0 saturated carbocycles. The Morgan fingerprint density at radius 1 is 1.45 bits per heavy atom. The van der Waals surface area contributed by atoms with Gasteiger partial charge in [0.1, 0.15) is 5.82 Å². The summed E-state index contributed by atoms with van der Waals surface area (Å²) < 4.78 is 11.2. The Morgan fingerprint density at radius 2 is 2.20 bits per heavy atom. The molecule has 0 aliphatic rings. The molecular weight excluding hydrogens is 274 g/mol. The first-order valence-electron chi connectivity index (χ1n) is 6.85. The van der Waals surface area contributed by atoms with Crippen LogP contribution in [0.5, 0.6) is 0 Å². The van der Waals surface area contributed by atoms with E-state index in [1.54, 1.807) is 24.6 Å². The van der Waals surface area contributed by atoms with Crippen LogP contribution < -0.4 is 10.6 Å². The first-order valence-corrected chi connectivity index (χ1v) is 8.47. The third-order valence-electron chi connectivity index (χ3n) is 2.98. The van der Waals surface area contributed by atoms with Gasteiger partial charge in [0.25, 0.3) is 5.91 Å². The minimum atomic E-state index is -0.848. The summed E-state index contributed by atoms with van der Waals surface area (Å²) in [6.07, 6.45) is 5.02. The number of nitrogens with zero attached hydrogens (tertiary/aromatic N) is 1. The smallest absolute Gasteiger partial charge is 0.251 e. The van der Waals surface area contributed by atoms with Crippen molar-refractivity contribution in [2.45, 2.75) is 31.9 Å². The summed E-state index contributed by atoms with van der Waals surface area (Å²) in [6, 6.07) is 3.43. The molecule has 20 heavy (non-hydrogen) atoms. The van der Waals surface area contributed by atoms with Crippen LogP contribution in [0.15, 0.2) is 18.3 Å². The van der Waals surface area contributed by atoms with Crippen molar-refractivity contribution in [3.8, 4) is 0 Å². The molecule has 2 N–H and O–H groups in total. The highest BCUT2D eigenvalue weighted by Gasteiger charge is 2.09. The van der Waals surface area contributed by atoms with Crippen molar-refractivity contribution in [2.75, 3.05) is 24.7 Å². The van der Waals surface area contributed by atoms with E-state index in [0.29, 0.717) is 24.3 Å². The van der Waals surface area contributed by atoms with Gasteiger partial charge in [-0.2, -0.15) is 0 Å². The Hall–Kier alpha value is -1.43. The van der Waals surface area contributed by atoms with Crippen molar-refractivity contribution >= 4 is 22.5 Å². The molecule has 1 aromatic heterocycles. The van der Waals surface area contributed by atoms with E-state index in [2.05, 4.69) is 22.5 Å². The molecule has 0 aliphatic heterocycles. The largest absolute Gasteiger partial charge is 0.370 e. The van der Waals surface area contributed by atoms with Gasteiger partial charge in [-0.15, -0.1) is 0 Å². The zero-order valence-electron chi connectivity index (χ0n) is 12.3. The van der Waals surface area contributed by atoms with Crippen molar-refractivity contribution in [1.82, 2.24) is 10.3 Å². The van der Waals surface area contributed by atoms with E-state index < -0.39 is 10.8 Å². The van der Waals surface area contributed by atoms with E-state index in [0.717, 1.165) is 13.0 Å². The maximum atomic E-state index is 12.0. The SMILES string of the molecule is CCCNc1cc(C(=O)NCCC(C)S(C)=O)ccn1. The maximum Gasteiger partial charge on any atom is 0.251 e. The van der Waals surface area contributed by atoms with Crippen LogP contribution in [0.25, 0.3) is 0 Å². The highest BCUT2D eigenvalue weighted by Crippen LogP contribution is 2.07. The van der Waals surface area contributed by atoms with Gasteiger partial charge in [0.2, 0.25) is 0 Å². The van der Waals surface area contributed by atoms with Gasteiger partial charge in [0, 0.05) is 47.2 Å². The summed E-state index contributed by atoms with van der Waals surface area (Å²) >= 11 is 0. The lowest BCUT2D eigenvalue weighted by molar-refractivity contribution is 0.0953. The molecule has 0 bridgehead atoms. The number of pyridine rings is 1. The van der Waals surface area contributed by atoms with E-state index in [4.69, 9.17) is 0 Å². The highest BCUT2D eigenvalue weighted by molar-refractivity contribution is 7.84. The molecule has 6 heteroatoms. The monoisotopic (exact) mass is 297 g/mol. The van der Waals surface area contributed by atoms with E-state index in [1.165, 1.54) is 0 Å². The zero-order chi connectivity index (χ0) is 15.0. The van der Waals surface area contributed by atoms with Crippen molar-refractivity contribution in [2.24, 2.45) is 0 Å². The summed E-state index contributed by atoms with van der Waals surface area (Å²) in [7, 11) is -0.848. The van der Waals surface area contributed by atoms with E-state index in [-0.39, 0.29) is 11.2 Å². The van der Waals surface area contributed by atoms with E-state index >= 15 is 0 Å². The van der Waals surface area contributed by atoms with Crippen LogP contribution >= 0.6 is 0 Å². The minimum Gasteiger partial charge on any atom is -0.370 e. The van der Waals surface area contributed by atoms with Gasteiger partial charge in [-0.1, -0.05) is 13.8 Å². The van der Waals surface area contributed by atoms with Crippen LogP contribution in [-0.4, -0.2) is 39.7 Å². The molecule has 0 saturated heterocycles. The number of hydrogen-bond donors (Lipinski definition) is 2. The third-order valence-corrected chi connectivity index (χ3v) is 4.35. The van der Waals surface area contributed by atoms with Crippen molar-refractivity contribution in [1.29, 1.82) is 0 Å². The molecule has 0 fully saturated rings. The van der Waals surface area contributed by atoms with Crippen LogP contribution in [0.3, 0.4) is 0 Å². The molecule has 1 amide bonds. The predicted octanol–water partition coefficient (Wildman–Crippen LogP) is 1.79. The van der Waals surface area contributed by atoms with Crippen LogP contribution in [0.4, 0.5) is 5.82 Å². The zero-order valence-corrected chi connectivity index (χ0v) is 13.1. The molecule has 0 aromatic carbocycles. The number of carbonyl (C=O) groups is 1. The summed E-state index contributed by atoms with van der Waals surface area (Å²) in [4.78, 5) is 16.1. The average molecular weight is 297 g/mol. The predicted molar refractivity (Wildman–Crippen MR) is 83.5 cm³/mol. The van der Waals surface area contributed by atoms with Crippen LogP contribution in [0, 0.1) is 0 Å². The van der Waals surface area contributed by atoms with Crippen molar-refractivity contribution in [3.63, 3.8) is 0 Å². The molecule has 0 aliphatic carbocycles. The first-order chi connectivity index (χ1) is 9.54. The molecule has 5 nitrogen and oxygen atoms in total. The van der Waals surface area contributed by atoms with Crippen molar-refractivity contribution < 1.29 is 9.00 Å². The third kappa shape index (κ3) is 5.69. The fourth-order valence-corrected chi connectivity index (χ4v) is 2.03. The number of anilines is 1. The standard InChI is InChI=1S/C14H23N3O2S/c1-4-7-15-13-10-12(6-9-16-13)14(18)17-8-5-11(2)20(3)19/h6,9-11H,4-5,7-8H2,1-3H3,(H,15,16)(H,17,18). The maximum absolute atomic E-state index is 12.0. The quantitative estimate of drug-likeness (QED) is 0.767.